The number of carbonyl (C=O) groups excluding carboxylic acids is 1. The molecular formula is C8H7BrClNO. The first kappa shape index (κ1) is 9.55. The molecule has 0 saturated carbocycles. The Morgan fingerprint density at radius 3 is 2.67 bits per heavy atom. The standard InChI is InChI=1S/C8H7BrClNO/c1-4-2-5(8(11)12)7(9)6(10)3-4/h2-3H,1H3,(H2,11,12). The van der Waals surface area contributed by atoms with Crippen LogP contribution in [0.25, 0.3) is 0 Å². The van der Waals surface area contributed by atoms with Crippen molar-refractivity contribution in [3.63, 3.8) is 0 Å². The van der Waals surface area contributed by atoms with E-state index < -0.39 is 5.91 Å². The first-order valence-electron chi connectivity index (χ1n) is 3.28. The Hall–Kier alpha value is -0.540. The molecule has 0 aliphatic carbocycles. The molecule has 0 aromatic heterocycles. The molecule has 1 rings (SSSR count). The van der Waals surface area contributed by atoms with Crippen molar-refractivity contribution in [3.05, 3.63) is 32.8 Å². The van der Waals surface area contributed by atoms with Gasteiger partial charge in [-0.1, -0.05) is 11.6 Å². The van der Waals surface area contributed by atoms with E-state index >= 15 is 0 Å². The average Bonchev–Trinajstić information content (AvgIpc) is 1.96. The Morgan fingerprint density at radius 2 is 2.17 bits per heavy atom. The van der Waals surface area contributed by atoms with Crippen LogP contribution in [0.15, 0.2) is 16.6 Å². The highest BCUT2D eigenvalue weighted by Gasteiger charge is 2.09. The maximum absolute atomic E-state index is 10.9. The number of amides is 1. The van der Waals surface area contributed by atoms with Gasteiger partial charge in [0.2, 0.25) is 5.91 Å². The van der Waals surface area contributed by atoms with Gasteiger partial charge in [0.05, 0.1) is 10.6 Å². The summed E-state index contributed by atoms with van der Waals surface area (Å²) >= 11 is 8.99. The largest absolute Gasteiger partial charge is 0.366 e. The topological polar surface area (TPSA) is 43.1 Å². The number of primary amides is 1. The number of halogens is 2. The van der Waals surface area contributed by atoms with E-state index in [1.54, 1.807) is 12.1 Å². The molecule has 1 amide bonds. The minimum Gasteiger partial charge on any atom is -0.366 e. The van der Waals surface area contributed by atoms with Crippen LogP contribution >= 0.6 is 27.5 Å². The van der Waals surface area contributed by atoms with Gasteiger partial charge in [-0.05, 0) is 40.5 Å². The van der Waals surface area contributed by atoms with Crippen LogP contribution in [-0.4, -0.2) is 5.91 Å². The summed E-state index contributed by atoms with van der Waals surface area (Å²) in [5.74, 6) is -0.479. The molecule has 0 heterocycles. The number of nitrogens with two attached hydrogens (primary N) is 1. The van der Waals surface area contributed by atoms with Gasteiger partial charge in [0, 0.05) is 4.47 Å². The Balaban J connectivity index is 3.37. The zero-order chi connectivity index (χ0) is 9.30. The van der Waals surface area contributed by atoms with Crippen molar-refractivity contribution in [2.45, 2.75) is 6.92 Å². The Kier molecular flexibility index (Phi) is 2.75. The van der Waals surface area contributed by atoms with E-state index in [0.717, 1.165) is 5.56 Å². The minimum atomic E-state index is -0.479. The highest BCUT2D eigenvalue weighted by molar-refractivity contribution is 9.10. The van der Waals surface area contributed by atoms with Crippen LogP contribution in [0.1, 0.15) is 15.9 Å². The lowest BCUT2D eigenvalue weighted by atomic mass is 10.1. The maximum Gasteiger partial charge on any atom is 0.249 e. The summed E-state index contributed by atoms with van der Waals surface area (Å²) in [6, 6.07) is 3.45. The molecule has 1 aromatic carbocycles. The van der Waals surface area contributed by atoms with Crippen molar-refractivity contribution in [3.8, 4) is 0 Å². The first-order chi connectivity index (χ1) is 5.52. The summed E-state index contributed by atoms with van der Waals surface area (Å²) in [6.45, 7) is 1.85. The molecule has 0 spiro atoms. The van der Waals surface area contributed by atoms with Crippen molar-refractivity contribution in [1.82, 2.24) is 0 Å². The molecule has 2 N–H and O–H groups in total. The molecule has 0 aliphatic heterocycles. The van der Waals surface area contributed by atoms with E-state index in [2.05, 4.69) is 15.9 Å². The summed E-state index contributed by atoms with van der Waals surface area (Å²) in [5.41, 5.74) is 6.46. The smallest absolute Gasteiger partial charge is 0.249 e. The Morgan fingerprint density at radius 1 is 1.58 bits per heavy atom. The average molecular weight is 249 g/mol. The summed E-state index contributed by atoms with van der Waals surface area (Å²) in [5, 5.41) is 0.504. The minimum absolute atomic E-state index is 0.417. The molecule has 2 nitrogen and oxygen atoms in total. The van der Waals surface area contributed by atoms with E-state index in [0.29, 0.717) is 15.1 Å². The van der Waals surface area contributed by atoms with Gasteiger partial charge >= 0.3 is 0 Å². The number of hydrogen-bond acceptors (Lipinski definition) is 1. The first-order valence-corrected chi connectivity index (χ1v) is 4.45. The fourth-order valence-corrected chi connectivity index (χ4v) is 1.60. The van der Waals surface area contributed by atoms with Crippen LogP contribution in [0.4, 0.5) is 0 Å². The molecule has 0 atom stereocenters. The fourth-order valence-electron chi connectivity index (χ4n) is 0.904. The Bertz CT molecular complexity index is 338. The summed E-state index contributed by atoms with van der Waals surface area (Å²) < 4.78 is 0.558. The number of benzene rings is 1. The number of carbonyl (C=O) groups is 1. The molecule has 4 heteroatoms. The quantitative estimate of drug-likeness (QED) is 0.815. The predicted molar refractivity (Wildman–Crippen MR) is 52.4 cm³/mol. The van der Waals surface area contributed by atoms with Crippen molar-refractivity contribution in [2.24, 2.45) is 5.73 Å². The number of hydrogen-bond donors (Lipinski definition) is 1. The van der Waals surface area contributed by atoms with Crippen molar-refractivity contribution in [2.75, 3.05) is 0 Å². The van der Waals surface area contributed by atoms with Gasteiger partial charge in [0.15, 0.2) is 0 Å². The molecular weight excluding hydrogens is 241 g/mol. The fraction of sp³-hybridized carbons (Fsp3) is 0.125. The van der Waals surface area contributed by atoms with Gasteiger partial charge in [0.1, 0.15) is 0 Å². The van der Waals surface area contributed by atoms with Gasteiger partial charge < -0.3 is 5.73 Å². The van der Waals surface area contributed by atoms with Crippen molar-refractivity contribution in [1.29, 1.82) is 0 Å². The normalized spacial score (nSPS) is 9.92. The lowest BCUT2D eigenvalue weighted by Gasteiger charge is -2.03. The number of rotatable bonds is 1. The summed E-state index contributed by atoms with van der Waals surface area (Å²) in [6.07, 6.45) is 0. The van der Waals surface area contributed by atoms with Gasteiger partial charge in [-0.3, -0.25) is 4.79 Å². The predicted octanol–water partition coefficient (Wildman–Crippen LogP) is 2.51. The van der Waals surface area contributed by atoms with Crippen molar-refractivity contribution < 1.29 is 4.79 Å². The zero-order valence-electron chi connectivity index (χ0n) is 6.40. The van der Waals surface area contributed by atoms with E-state index in [1.165, 1.54) is 0 Å². The van der Waals surface area contributed by atoms with Crippen LogP contribution in [0.3, 0.4) is 0 Å². The lowest BCUT2D eigenvalue weighted by molar-refractivity contribution is 0.0999. The van der Waals surface area contributed by atoms with Crippen LogP contribution in [0.5, 0.6) is 0 Å². The third kappa shape index (κ3) is 1.79. The van der Waals surface area contributed by atoms with E-state index in [4.69, 9.17) is 17.3 Å². The molecule has 0 saturated heterocycles. The second kappa shape index (κ2) is 3.46. The molecule has 1 aromatic rings. The van der Waals surface area contributed by atoms with E-state index in [1.807, 2.05) is 6.92 Å². The van der Waals surface area contributed by atoms with Gasteiger partial charge in [-0.25, -0.2) is 0 Å². The second-order valence-corrected chi connectivity index (χ2v) is 3.67. The zero-order valence-corrected chi connectivity index (χ0v) is 8.74. The summed E-state index contributed by atoms with van der Waals surface area (Å²) in [4.78, 5) is 10.9. The molecule has 12 heavy (non-hydrogen) atoms. The monoisotopic (exact) mass is 247 g/mol. The third-order valence-corrected chi connectivity index (χ3v) is 2.82. The SMILES string of the molecule is Cc1cc(Cl)c(Br)c(C(N)=O)c1. The highest BCUT2D eigenvalue weighted by Crippen LogP contribution is 2.27. The molecule has 0 bridgehead atoms. The maximum atomic E-state index is 10.9. The van der Waals surface area contributed by atoms with Crippen LogP contribution < -0.4 is 5.73 Å². The molecule has 0 unspecified atom stereocenters. The van der Waals surface area contributed by atoms with Crippen LogP contribution in [0, 0.1) is 6.92 Å². The van der Waals surface area contributed by atoms with Gasteiger partial charge in [-0.15, -0.1) is 0 Å². The summed E-state index contributed by atoms with van der Waals surface area (Å²) in [7, 11) is 0. The van der Waals surface area contributed by atoms with Crippen LogP contribution in [-0.2, 0) is 0 Å². The van der Waals surface area contributed by atoms with E-state index in [-0.39, 0.29) is 0 Å². The van der Waals surface area contributed by atoms with Crippen molar-refractivity contribution >= 4 is 33.4 Å². The van der Waals surface area contributed by atoms with E-state index in [9.17, 15) is 4.79 Å². The number of aryl methyl sites for hydroxylation is 1. The second-order valence-electron chi connectivity index (χ2n) is 2.47. The molecule has 0 radical (unpaired) electrons. The van der Waals surface area contributed by atoms with Crippen LogP contribution in [0.2, 0.25) is 5.02 Å². The lowest BCUT2D eigenvalue weighted by Crippen LogP contribution is -2.12. The van der Waals surface area contributed by atoms with Gasteiger partial charge in [-0.2, -0.15) is 0 Å². The molecule has 0 aliphatic rings. The molecule has 0 fully saturated rings. The Labute approximate surface area is 83.8 Å². The van der Waals surface area contributed by atoms with Gasteiger partial charge in [0.25, 0.3) is 0 Å². The third-order valence-electron chi connectivity index (χ3n) is 1.44. The highest BCUT2D eigenvalue weighted by atomic mass is 79.9. The molecule has 64 valence electrons.